The Morgan fingerprint density at radius 2 is 1.86 bits per heavy atom. The third-order valence-corrected chi connectivity index (χ3v) is 3.35. The number of aromatic nitrogens is 1. The summed E-state index contributed by atoms with van der Waals surface area (Å²) in [6, 6.07) is 6.36. The molecule has 0 fully saturated rings. The lowest BCUT2D eigenvalue weighted by molar-refractivity contribution is 0.0697. The molecule has 0 unspecified atom stereocenters. The van der Waals surface area contributed by atoms with Gasteiger partial charge < -0.3 is 14.9 Å². The van der Waals surface area contributed by atoms with Crippen LogP contribution in [0, 0.1) is 0 Å². The van der Waals surface area contributed by atoms with Crippen LogP contribution in [0.3, 0.4) is 0 Å². The van der Waals surface area contributed by atoms with Crippen LogP contribution in [0.15, 0.2) is 30.5 Å². The molecule has 0 atom stereocenters. The summed E-state index contributed by atoms with van der Waals surface area (Å²) in [5.41, 5.74) is 0.926. The molecule has 1 heterocycles. The highest BCUT2D eigenvalue weighted by Gasteiger charge is 2.14. The first kappa shape index (κ1) is 15.1. The molecule has 0 bridgehead atoms. The molecule has 21 heavy (non-hydrogen) atoms. The topological polar surface area (TPSA) is 65.8 Å². The number of hydrogen-bond donors (Lipinski definition) is 1. The molecular formula is C15H19N3O3. The van der Waals surface area contributed by atoms with E-state index in [2.05, 4.69) is 0 Å². The van der Waals surface area contributed by atoms with Crippen molar-refractivity contribution in [3.8, 4) is 0 Å². The van der Waals surface area contributed by atoms with Gasteiger partial charge in [-0.05, 0) is 38.4 Å². The summed E-state index contributed by atoms with van der Waals surface area (Å²) in [4.78, 5) is 27.0. The lowest BCUT2D eigenvalue weighted by Gasteiger charge is -2.20. The second-order valence-electron chi connectivity index (χ2n) is 5.27. The number of carboxylic acids is 1. The molecular weight excluding hydrogens is 270 g/mol. The molecule has 2 rings (SSSR count). The number of nitrogens with zero attached hydrogens (tertiary/aromatic N) is 3. The molecule has 0 aliphatic rings. The maximum Gasteiger partial charge on any atom is 0.335 e. The van der Waals surface area contributed by atoms with Crippen LogP contribution in [-0.2, 0) is 0 Å². The fraction of sp³-hybridized carbons (Fsp3) is 0.333. The van der Waals surface area contributed by atoms with Crippen molar-refractivity contribution in [1.82, 2.24) is 14.4 Å². The molecule has 1 amide bonds. The van der Waals surface area contributed by atoms with Crippen LogP contribution in [0.2, 0.25) is 0 Å². The summed E-state index contributed by atoms with van der Waals surface area (Å²) in [6.07, 6.45) is 1.67. The fourth-order valence-electron chi connectivity index (χ4n) is 2.07. The Balaban J connectivity index is 2.26. The Morgan fingerprint density at radius 3 is 2.48 bits per heavy atom. The predicted molar refractivity (Wildman–Crippen MR) is 80.9 cm³/mol. The highest BCUT2D eigenvalue weighted by molar-refractivity contribution is 5.97. The molecule has 6 nitrogen and oxygen atoms in total. The van der Waals surface area contributed by atoms with Crippen LogP contribution in [-0.4, -0.2) is 65.7 Å². The van der Waals surface area contributed by atoms with Gasteiger partial charge >= 0.3 is 12.0 Å². The van der Waals surface area contributed by atoms with E-state index in [1.54, 1.807) is 36.3 Å². The molecule has 2 aromatic rings. The van der Waals surface area contributed by atoms with Crippen LogP contribution >= 0.6 is 0 Å². The number of amides is 1. The van der Waals surface area contributed by atoms with Crippen molar-refractivity contribution in [1.29, 1.82) is 0 Å². The van der Waals surface area contributed by atoms with Gasteiger partial charge in [-0.1, -0.05) is 0 Å². The van der Waals surface area contributed by atoms with E-state index in [1.807, 2.05) is 19.0 Å². The zero-order valence-corrected chi connectivity index (χ0v) is 12.4. The third kappa shape index (κ3) is 3.22. The summed E-state index contributed by atoms with van der Waals surface area (Å²) in [5, 5.41) is 9.72. The van der Waals surface area contributed by atoms with Crippen molar-refractivity contribution in [3.05, 3.63) is 36.0 Å². The summed E-state index contributed by atoms with van der Waals surface area (Å²) in [5.74, 6) is -0.973. The minimum Gasteiger partial charge on any atom is -0.478 e. The Labute approximate surface area is 123 Å². The van der Waals surface area contributed by atoms with Crippen molar-refractivity contribution in [2.75, 3.05) is 34.2 Å². The molecule has 112 valence electrons. The van der Waals surface area contributed by atoms with Gasteiger partial charge in [0, 0.05) is 31.7 Å². The smallest absolute Gasteiger partial charge is 0.335 e. The number of hydrogen-bond acceptors (Lipinski definition) is 3. The Kier molecular flexibility index (Phi) is 4.28. The predicted octanol–water partition coefficient (Wildman–Crippen LogP) is 1.80. The second-order valence-corrected chi connectivity index (χ2v) is 5.27. The maximum atomic E-state index is 12.4. The number of benzene rings is 1. The lowest BCUT2D eigenvalue weighted by atomic mass is 10.1. The zero-order valence-electron chi connectivity index (χ0n) is 12.4. The molecule has 0 radical (unpaired) electrons. The monoisotopic (exact) mass is 289 g/mol. The molecule has 0 aliphatic heterocycles. The molecule has 0 spiro atoms. The standard InChI is InChI=1S/C15H19N3O3/c1-16(2)8-9-17(3)15(21)18-7-6-11-10-12(14(19)20)4-5-13(11)18/h4-7,10H,8-9H2,1-3H3,(H,19,20). The van der Waals surface area contributed by atoms with Crippen molar-refractivity contribution in [2.24, 2.45) is 0 Å². The van der Waals surface area contributed by atoms with Gasteiger partial charge in [0.2, 0.25) is 0 Å². The van der Waals surface area contributed by atoms with E-state index in [1.165, 1.54) is 10.6 Å². The van der Waals surface area contributed by atoms with E-state index in [0.29, 0.717) is 12.1 Å². The number of rotatable bonds is 4. The summed E-state index contributed by atoms with van der Waals surface area (Å²) < 4.78 is 1.54. The zero-order chi connectivity index (χ0) is 15.6. The maximum absolute atomic E-state index is 12.4. The van der Waals surface area contributed by atoms with Gasteiger partial charge in [-0.15, -0.1) is 0 Å². The SMILES string of the molecule is CN(C)CCN(C)C(=O)n1ccc2cc(C(=O)O)ccc21. The molecule has 0 aliphatic carbocycles. The lowest BCUT2D eigenvalue weighted by Crippen LogP contribution is -2.35. The van der Waals surface area contributed by atoms with Gasteiger partial charge in [0.05, 0.1) is 11.1 Å². The number of carbonyl (C=O) groups is 2. The quantitative estimate of drug-likeness (QED) is 0.932. The molecule has 0 saturated carbocycles. The Bertz CT molecular complexity index is 676. The van der Waals surface area contributed by atoms with E-state index in [9.17, 15) is 9.59 Å². The van der Waals surface area contributed by atoms with Crippen molar-refractivity contribution < 1.29 is 14.7 Å². The fourth-order valence-corrected chi connectivity index (χ4v) is 2.07. The summed E-state index contributed by atoms with van der Waals surface area (Å²) in [6.45, 7) is 1.41. The van der Waals surface area contributed by atoms with Gasteiger partial charge in [-0.3, -0.25) is 4.57 Å². The van der Waals surface area contributed by atoms with Crippen LogP contribution in [0.1, 0.15) is 10.4 Å². The Hall–Kier alpha value is -2.34. The number of fused-ring (bicyclic) bond motifs is 1. The molecule has 1 aromatic carbocycles. The largest absolute Gasteiger partial charge is 0.478 e. The molecule has 1 aromatic heterocycles. The molecule has 0 saturated heterocycles. The molecule has 6 heteroatoms. The Morgan fingerprint density at radius 1 is 1.14 bits per heavy atom. The third-order valence-electron chi connectivity index (χ3n) is 3.35. The van der Waals surface area contributed by atoms with E-state index < -0.39 is 5.97 Å². The second kappa shape index (κ2) is 5.97. The molecule has 1 N–H and O–H groups in total. The van der Waals surface area contributed by atoms with E-state index >= 15 is 0 Å². The van der Waals surface area contributed by atoms with E-state index in [-0.39, 0.29) is 11.6 Å². The summed E-state index contributed by atoms with van der Waals surface area (Å²) in [7, 11) is 5.66. The van der Waals surface area contributed by atoms with Gasteiger partial charge in [0.15, 0.2) is 0 Å². The van der Waals surface area contributed by atoms with E-state index in [4.69, 9.17) is 5.11 Å². The highest BCUT2D eigenvalue weighted by Crippen LogP contribution is 2.18. The van der Waals surface area contributed by atoms with Crippen LogP contribution in [0.25, 0.3) is 10.9 Å². The minimum absolute atomic E-state index is 0.130. The van der Waals surface area contributed by atoms with Crippen molar-refractivity contribution >= 4 is 22.9 Å². The number of aromatic carboxylic acids is 1. The normalized spacial score (nSPS) is 11.0. The van der Waals surface area contributed by atoms with Crippen LogP contribution in [0.5, 0.6) is 0 Å². The van der Waals surface area contributed by atoms with Gasteiger partial charge in [-0.25, -0.2) is 9.59 Å². The minimum atomic E-state index is -0.973. The van der Waals surface area contributed by atoms with Gasteiger partial charge in [0.1, 0.15) is 0 Å². The number of carbonyl (C=O) groups excluding carboxylic acids is 1. The first-order valence-corrected chi connectivity index (χ1v) is 6.65. The number of likely N-dealkylation sites (N-methyl/N-ethyl adjacent to an activating group) is 2. The van der Waals surface area contributed by atoms with Gasteiger partial charge in [0.25, 0.3) is 0 Å². The summed E-state index contributed by atoms with van der Waals surface area (Å²) >= 11 is 0. The first-order chi connectivity index (χ1) is 9.90. The van der Waals surface area contributed by atoms with Crippen molar-refractivity contribution in [3.63, 3.8) is 0 Å². The highest BCUT2D eigenvalue weighted by atomic mass is 16.4. The van der Waals surface area contributed by atoms with Crippen LogP contribution in [0.4, 0.5) is 4.79 Å². The first-order valence-electron chi connectivity index (χ1n) is 6.65. The average Bonchev–Trinajstić information content (AvgIpc) is 2.86. The van der Waals surface area contributed by atoms with Crippen LogP contribution < -0.4 is 0 Å². The number of carboxylic acid groups (broad SMARTS) is 1. The van der Waals surface area contributed by atoms with Crippen molar-refractivity contribution in [2.45, 2.75) is 0 Å². The van der Waals surface area contributed by atoms with E-state index in [0.717, 1.165) is 11.9 Å². The van der Waals surface area contributed by atoms with Gasteiger partial charge in [-0.2, -0.15) is 0 Å². The average molecular weight is 289 g/mol.